The third-order valence-electron chi connectivity index (χ3n) is 3.25. The topological polar surface area (TPSA) is 30.7 Å². The summed E-state index contributed by atoms with van der Waals surface area (Å²) in [6.45, 7) is 2.47. The van der Waals surface area contributed by atoms with Gasteiger partial charge in [-0.3, -0.25) is 4.98 Å². The molecule has 2 heterocycles. The van der Waals surface area contributed by atoms with E-state index in [9.17, 15) is 4.39 Å². The first-order valence-corrected chi connectivity index (χ1v) is 8.02. The van der Waals surface area contributed by atoms with Crippen LogP contribution in [0.2, 0.25) is 0 Å². The number of nitrogens with zero attached hydrogens (tertiary/aromatic N) is 3. The molecule has 2 aromatic heterocycles. The fourth-order valence-corrected chi connectivity index (χ4v) is 2.95. The SMILES string of the molecule is Cc1cccc(Cn2c(CCl)nc3cc(I)c(F)cc32)n1. The summed E-state index contributed by atoms with van der Waals surface area (Å²) in [6.07, 6.45) is 0. The highest BCUT2D eigenvalue weighted by atomic mass is 127. The van der Waals surface area contributed by atoms with Crippen LogP contribution >= 0.6 is 34.2 Å². The molecule has 21 heavy (non-hydrogen) atoms. The number of hydrogen-bond acceptors (Lipinski definition) is 2. The van der Waals surface area contributed by atoms with Crippen molar-refractivity contribution in [3.05, 3.63) is 56.9 Å². The fourth-order valence-electron chi connectivity index (χ4n) is 2.30. The van der Waals surface area contributed by atoms with E-state index in [0.29, 0.717) is 10.1 Å². The van der Waals surface area contributed by atoms with Gasteiger partial charge in [-0.1, -0.05) is 6.07 Å². The number of imidazole rings is 1. The second kappa shape index (κ2) is 5.88. The molecule has 0 aliphatic rings. The lowest BCUT2D eigenvalue weighted by Gasteiger charge is -2.08. The molecule has 0 saturated carbocycles. The molecular formula is C15H12ClFIN3. The van der Waals surface area contributed by atoms with Gasteiger partial charge in [-0.15, -0.1) is 11.6 Å². The van der Waals surface area contributed by atoms with Crippen LogP contribution in [0.3, 0.4) is 0 Å². The lowest BCUT2D eigenvalue weighted by molar-refractivity contribution is 0.620. The minimum atomic E-state index is -0.248. The first-order valence-electron chi connectivity index (χ1n) is 6.41. The molecule has 0 radical (unpaired) electrons. The molecule has 1 aromatic carbocycles. The number of rotatable bonds is 3. The lowest BCUT2D eigenvalue weighted by atomic mass is 10.3. The third-order valence-corrected chi connectivity index (χ3v) is 4.32. The maximum absolute atomic E-state index is 13.8. The van der Waals surface area contributed by atoms with Crippen LogP contribution in [0.15, 0.2) is 30.3 Å². The van der Waals surface area contributed by atoms with Gasteiger partial charge in [0.05, 0.1) is 32.7 Å². The van der Waals surface area contributed by atoms with E-state index >= 15 is 0 Å². The summed E-state index contributed by atoms with van der Waals surface area (Å²) in [5, 5.41) is 0. The van der Waals surface area contributed by atoms with Gasteiger partial charge in [0.1, 0.15) is 11.6 Å². The summed E-state index contributed by atoms with van der Waals surface area (Å²) in [6, 6.07) is 9.10. The van der Waals surface area contributed by atoms with Crippen molar-refractivity contribution in [2.75, 3.05) is 0 Å². The van der Waals surface area contributed by atoms with E-state index in [1.54, 1.807) is 6.07 Å². The Morgan fingerprint density at radius 2 is 2.10 bits per heavy atom. The van der Waals surface area contributed by atoms with Crippen molar-refractivity contribution in [2.24, 2.45) is 0 Å². The summed E-state index contributed by atoms with van der Waals surface area (Å²) in [5.41, 5.74) is 3.35. The largest absolute Gasteiger partial charge is 0.321 e. The van der Waals surface area contributed by atoms with Gasteiger partial charge in [-0.05, 0) is 47.7 Å². The van der Waals surface area contributed by atoms with Gasteiger partial charge < -0.3 is 4.57 Å². The Kier molecular flexibility index (Phi) is 4.12. The van der Waals surface area contributed by atoms with E-state index in [1.807, 2.05) is 52.3 Å². The van der Waals surface area contributed by atoms with E-state index in [0.717, 1.165) is 28.2 Å². The van der Waals surface area contributed by atoms with Crippen LogP contribution in [0.5, 0.6) is 0 Å². The zero-order valence-corrected chi connectivity index (χ0v) is 14.2. The minimum absolute atomic E-state index is 0.248. The molecule has 3 nitrogen and oxygen atoms in total. The van der Waals surface area contributed by atoms with E-state index in [4.69, 9.17) is 11.6 Å². The maximum atomic E-state index is 13.8. The molecule has 0 unspecified atom stereocenters. The first kappa shape index (κ1) is 14.7. The Morgan fingerprint density at radius 3 is 2.81 bits per heavy atom. The number of alkyl halides is 1. The van der Waals surface area contributed by atoms with E-state index in [2.05, 4.69) is 9.97 Å². The molecule has 0 amide bonds. The number of fused-ring (bicyclic) bond motifs is 1. The van der Waals surface area contributed by atoms with Gasteiger partial charge in [-0.25, -0.2) is 9.37 Å². The monoisotopic (exact) mass is 415 g/mol. The molecule has 0 fully saturated rings. The smallest absolute Gasteiger partial charge is 0.138 e. The van der Waals surface area contributed by atoms with Crippen molar-refractivity contribution >= 4 is 45.2 Å². The van der Waals surface area contributed by atoms with Crippen molar-refractivity contribution in [1.82, 2.24) is 14.5 Å². The predicted molar refractivity (Wildman–Crippen MR) is 90.0 cm³/mol. The molecule has 0 spiro atoms. The van der Waals surface area contributed by atoms with Gasteiger partial charge in [0.15, 0.2) is 0 Å². The molecule has 0 bridgehead atoms. The normalized spacial score (nSPS) is 11.2. The average molecular weight is 416 g/mol. The van der Waals surface area contributed by atoms with Crippen molar-refractivity contribution in [1.29, 1.82) is 0 Å². The van der Waals surface area contributed by atoms with E-state index in [-0.39, 0.29) is 11.7 Å². The molecule has 0 saturated heterocycles. The molecule has 3 aromatic rings. The van der Waals surface area contributed by atoms with Crippen molar-refractivity contribution < 1.29 is 4.39 Å². The summed E-state index contributed by atoms with van der Waals surface area (Å²) in [4.78, 5) is 8.97. The number of benzene rings is 1. The minimum Gasteiger partial charge on any atom is -0.321 e. The number of aryl methyl sites for hydroxylation is 1. The third kappa shape index (κ3) is 2.89. The van der Waals surface area contributed by atoms with Crippen molar-refractivity contribution in [3.8, 4) is 0 Å². The molecule has 0 N–H and O–H groups in total. The second-order valence-electron chi connectivity index (χ2n) is 4.77. The second-order valence-corrected chi connectivity index (χ2v) is 6.20. The average Bonchev–Trinajstić information content (AvgIpc) is 2.77. The number of aromatic nitrogens is 3. The number of hydrogen-bond donors (Lipinski definition) is 0. The summed E-state index contributed by atoms with van der Waals surface area (Å²) in [7, 11) is 0. The van der Waals surface area contributed by atoms with Crippen molar-refractivity contribution in [3.63, 3.8) is 0 Å². The van der Waals surface area contributed by atoms with Gasteiger partial charge in [0.25, 0.3) is 0 Å². The summed E-state index contributed by atoms with van der Waals surface area (Å²) < 4.78 is 16.3. The number of pyridine rings is 1. The Bertz CT molecular complexity index is 816. The predicted octanol–water partition coefficient (Wildman–Crippen LogP) is 4.27. The maximum Gasteiger partial charge on any atom is 0.138 e. The van der Waals surface area contributed by atoms with Crippen molar-refractivity contribution in [2.45, 2.75) is 19.3 Å². The molecule has 0 aliphatic carbocycles. The van der Waals surface area contributed by atoms with Crippen LogP contribution < -0.4 is 0 Å². The first-order chi connectivity index (χ1) is 10.1. The van der Waals surface area contributed by atoms with Crippen LogP contribution in [0.25, 0.3) is 11.0 Å². The van der Waals surface area contributed by atoms with Gasteiger partial charge in [0.2, 0.25) is 0 Å². The zero-order valence-electron chi connectivity index (χ0n) is 11.3. The summed E-state index contributed by atoms with van der Waals surface area (Å²) in [5.74, 6) is 0.748. The highest BCUT2D eigenvalue weighted by Gasteiger charge is 2.13. The van der Waals surface area contributed by atoms with Crippen LogP contribution in [0, 0.1) is 16.3 Å². The Hall–Kier alpha value is -1.21. The van der Waals surface area contributed by atoms with Gasteiger partial charge >= 0.3 is 0 Å². The molecule has 108 valence electrons. The highest BCUT2D eigenvalue weighted by Crippen LogP contribution is 2.23. The fraction of sp³-hybridized carbons (Fsp3) is 0.200. The Morgan fingerprint density at radius 1 is 1.29 bits per heavy atom. The van der Waals surface area contributed by atoms with E-state index in [1.165, 1.54) is 6.07 Å². The van der Waals surface area contributed by atoms with Crippen LogP contribution in [-0.4, -0.2) is 14.5 Å². The highest BCUT2D eigenvalue weighted by molar-refractivity contribution is 14.1. The van der Waals surface area contributed by atoms with Gasteiger partial charge in [-0.2, -0.15) is 0 Å². The number of halogens is 3. The van der Waals surface area contributed by atoms with Gasteiger partial charge in [0, 0.05) is 11.8 Å². The molecule has 6 heteroatoms. The molecule has 0 aliphatic heterocycles. The zero-order chi connectivity index (χ0) is 15.0. The molecule has 3 rings (SSSR count). The quantitative estimate of drug-likeness (QED) is 0.472. The standard InChI is InChI=1S/C15H12ClFIN3/c1-9-3-2-4-10(19-9)8-21-14-5-11(17)12(18)6-13(14)20-15(21)7-16/h2-6H,7-8H2,1H3. The molecular weight excluding hydrogens is 404 g/mol. The van der Waals surface area contributed by atoms with Crippen LogP contribution in [0.4, 0.5) is 4.39 Å². The Balaban J connectivity index is 2.14. The van der Waals surface area contributed by atoms with Crippen LogP contribution in [0.1, 0.15) is 17.2 Å². The lowest BCUT2D eigenvalue weighted by Crippen LogP contribution is -2.06. The summed E-state index contributed by atoms with van der Waals surface area (Å²) >= 11 is 7.95. The molecule has 0 atom stereocenters. The van der Waals surface area contributed by atoms with E-state index < -0.39 is 0 Å². The van der Waals surface area contributed by atoms with Crippen LogP contribution in [-0.2, 0) is 12.4 Å². The Labute approximate surface area is 140 Å².